The number of hydrogen-bond donors (Lipinski definition) is 2. The summed E-state index contributed by atoms with van der Waals surface area (Å²) in [5.74, 6) is 0.730. The summed E-state index contributed by atoms with van der Waals surface area (Å²) in [6.07, 6.45) is 7.69. The molecule has 1 aliphatic rings. The largest absolute Gasteiger partial charge is 0.397 e. The lowest BCUT2D eigenvalue weighted by Gasteiger charge is -2.35. The number of nitrogens with two attached hydrogens (primary N) is 1. The van der Waals surface area contributed by atoms with Gasteiger partial charge in [0.05, 0.1) is 16.8 Å². The third-order valence-electron chi connectivity index (χ3n) is 4.36. The number of anilines is 2. The second-order valence-corrected chi connectivity index (χ2v) is 6.73. The van der Waals surface area contributed by atoms with E-state index >= 15 is 0 Å². The Morgan fingerprint density at radius 1 is 1.43 bits per heavy atom. The molecular formula is C16H23N3OS. The van der Waals surface area contributed by atoms with Crippen LogP contribution in [0.25, 0.3) is 10.2 Å². The monoisotopic (exact) mass is 305 g/mol. The highest BCUT2D eigenvalue weighted by molar-refractivity contribution is 7.17. The summed E-state index contributed by atoms with van der Waals surface area (Å²) in [6.45, 7) is 2.51. The third-order valence-corrected chi connectivity index (χ3v) is 5.27. The minimum atomic E-state index is 0.312. The van der Waals surface area contributed by atoms with Crippen LogP contribution in [-0.4, -0.2) is 29.8 Å². The van der Waals surface area contributed by atoms with E-state index in [-0.39, 0.29) is 0 Å². The number of aliphatic hydroxyl groups is 1. The Bertz CT molecular complexity index is 598. The molecule has 1 fully saturated rings. The van der Waals surface area contributed by atoms with E-state index in [0.29, 0.717) is 6.61 Å². The first-order valence-corrected chi connectivity index (χ1v) is 8.65. The molecule has 21 heavy (non-hydrogen) atoms. The minimum Gasteiger partial charge on any atom is -0.397 e. The zero-order chi connectivity index (χ0) is 14.7. The van der Waals surface area contributed by atoms with Crippen LogP contribution in [0.1, 0.15) is 32.1 Å². The Hall–Kier alpha value is -1.33. The van der Waals surface area contributed by atoms with E-state index in [1.807, 2.05) is 11.6 Å². The summed E-state index contributed by atoms with van der Waals surface area (Å²) in [6, 6.07) is 2.10. The quantitative estimate of drug-likeness (QED) is 0.832. The fourth-order valence-corrected chi connectivity index (χ4v) is 4.12. The zero-order valence-electron chi connectivity index (χ0n) is 12.3. The molecule has 1 unspecified atom stereocenters. The molecule has 0 amide bonds. The first kappa shape index (κ1) is 14.6. The van der Waals surface area contributed by atoms with Gasteiger partial charge in [-0.1, -0.05) is 6.42 Å². The van der Waals surface area contributed by atoms with Crippen molar-refractivity contribution in [1.29, 1.82) is 0 Å². The van der Waals surface area contributed by atoms with Crippen LogP contribution in [0.2, 0.25) is 0 Å². The Morgan fingerprint density at radius 3 is 3.19 bits per heavy atom. The number of unbranched alkanes of at least 4 members (excludes halogenated alkanes) is 1. The van der Waals surface area contributed by atoms with E-state index in [0.717, 1.165) is 47.8 Å². The SMILES string of the molecule is Nc1csc2nccc(N3CCCC(CCCCO)C3)c12. The second-order valence-electron chi connectivity index (χ2n) is 5.87. The summed E-state index contributed by atoms with van der Waals surface area (Å²) in [5.41, 5.74) is 8.22. The molecule has 2 aromatic heterocycles. The maximum Gasteiger partial charge on any atom is 0.127 e. The number of hydrogen-bond acceptors (Lipinski definition) is 5. The van der Waals surface area contributed by atoms with E-state index in [1.54, 1.807) is 11.3 Å². The molecule has 5 heteroatoms. The first-order chi connectivity index (χ1) is 10.3. The highest BCUT2D eigenvalue weighted by Crippen LogP contribution is 2.36. The number of nitrogen functional groups attached to an aromatic ring is 1. The average Bonchev–Trinajstić information content (AvgIpc) is 2.90. The van der Waals surface area contributed by atoms with Gasteiger partial charge < -0.3 is 15.7 Å². The van der Waals surface area contributed by atoms with Crippen molar-refractivity contribution in [2.24, 2.45) is 5.92 Å². The number of fused-ring (bicyclic) bond motifs is 1. The number of thiophene rings is 1. The number of aromatic nitrogens is 1. The Kier molecular flexibility index (Phi) is 4.60. The normalized spacial score (nSPS) is 19.3. The molecule has 0 aromatic carbocycles. The van der Waals surface area contributed by atoms with Crippen LogP contribution >= 0.6 is 11.3 Å². The Morgan fingerprint density at radius 2 is 2.33 bits per heavy atom. The highest BCUT2D eigenvalue weighted by atomic mass is 32.1. The van der Waals surface area contributed by atoms with Crippen LogP contribution in [0, 0.1) is 5.92 Å². The van der Waals surface area contributed by atoms with E-state index in [4.69, 9.17) is 10.8 Å². The van der Waals surface area contributed by atoms with Gasteiger partial charge in [0.15, 0.2) is 0 Å². The number of pyridine rings is 1. The predicted molar refractivity (Wildman–Crippen MR) is 89.9 cm³/mol. The van der Waals surface area contributed by atoms with Crippen LogP contribution in [0.4, 0.5) is 11.4 Å². The van der Waals surface area contributed by atoms with Gasteiger partial charge >= 0.3 is 0 Å². The molecule has 0 saturated carbocycles. The van der Waals surface area contributed by atoms with E-state index in [2.05, 4.69) is 16.0 Å². The summed E-state index contributed by atoms with van der Waals surface area (Å²) in [5, 5.41) is 12.0. The van der Waals surface area contributed by atoms with Crippen molar-refractivity contribution in [3.8, 4) is 0 Å². The van der Waals surface area contributed by atoms with Gasteiger partial charge in [-0.3, -0.25) is 0 Å². The fourth-order valence-electron chi connectivity index (χ4n) is 3.30. The van der Waals surface area contributed by atoms with Crippen LogP contribution in [-0.2, 0) is 0 Å². The van der Waals surface area contributed by atoms with Crippen molar-refractivity contribution in [2.75, 3.05) is 30.3 Å². The van der Waals surface area contributed by atoms with Crippen molar-refractivity contribution < 1.29 is 5.11 Å². The number of aliphatic hydroxyl groups excluding tert-OH is 1. The molecular weight excluding hydrogens is 282 g/mol. The molecule has 3 rings (SSSR count). The lowest BCUT2D eigenvalue weighted by atomic mass is 9.92. The molecule has 2 aromatic rings. The van der Waals surface area contributed by atoms with Crippen molar-refractivity contribution >= 4 is 32.9 Å². The summed E-state index contributed by atoms with van der Waals surface area (Å²) >= 11 is 1.62. The van der Waals surface area contributed by atoms with Crippen molar-refractivity contribution in [3.63, 3.8) is 0 Å². The van der Waals surface area contributed by atoms with Gasteiger partial charge in [-0.05, 0) is 37.7 Å². The summed E-state index contributed by atoms with van der Waals surface area (Å²) in [7, 11) is 0. The summed E-state index contributed by atoms with van der Waals surface area (Å²) < 4.78 is 0. The van der Waals surface area contributed by atoms with Crippen LogP contribution in [0.15, 0.2) is 17.6 Å². The molecule has 3 N–H and O–H groups in total. The molecule has 0 radical (unpaired) electrons. The van der Waals surface area contributed by atoms with Crippen molar-refractivity contribution in [3.05, 3.63) is 17.6 Å². The molecule has 0 aliphatic carbocycles. The van der Waals surface area contributed by atoms with E-state index in [1.165, 1.54) is 24.9 Å². The molecule has 3 heterocycles. The zero-order valence-corrected chi connectivity index (χ0v) is 13.1. The Labute approximate surface area is 129 Å². The second kappa shape index (κ2) is 6.62. The van der Waals surface area contributed by atoms with Crippen molar-refractivity contribution in [1.82, 2.24) is 4.98 Å². The molecule has 1 saturated heterocycles. The first-order valence-electron chi connectivity index (χ1n) is 7.77. The molecule has 4 nitrogen and oxygen atoms in total. The lowest BCUT2D eigenvalue weighted by Crippen LogP contribution is -2.35. The van der Waals surface area contributed by atoms with Gasteiger partial charge in [0.25, 0.3) is 0 Å². The standard InChI is InChI=1S/C16H23N3OS/c17-13-11-21-16-15(13)14(6-7-18-16)19-8-3-5-12(10-19)4-1-2-9-20/h6-7,11-12,20H,1-5,8-10,17H2. The number of piperidine rings is 1. The molecule has 0 spiro atoms. The van der Waals surface area contributed by atoms with Gasteiger partial charge in [0, 0.05) is 31.3 Å². The topological polar surface area (TPSA) is 62.4 Å². The van der Waals surface area contributed by atoms with E-state index in [9.17, 15) is 0 Å². The van der Waals surface area contributed by atoms with Gasteiger partial charge in [-0.15, -0.1) is 11.3 Å². The van der Waals surface area contributed by atoms with Gasteiger partial charge in [0.1, 0.15) is 4.83 Å². The van der Waals surface area contributed by atoms with Crippen LogP contribution < -0.4 is 10.6 Å². The van der Waals surface area contributed by atoms with Crippen LogP contribution in [0.5, 0.6) is 0 Å². The van der Waals surface area contributed by atoms with Crippen molar-refractivity contribution in [2.45, 2.75) is 32.1 Å². The molecule has 1 atom stereocenters. The highest BCUT2D eigenvalue weighted by Gasteiger charge is 2.22. The van der Waals surface area contributed by atoms with Gasteiger partial charge in [-0.25, -0.2) is 4.98 Å². The van der Waals surface area contributed by atoms with Gasteiger partial charge in [-0.2, -0.15) is 0 Å². The molecule has 1 aliphatic heterocycles. The minimum absolute atomic E-state index is 0.312. The number of nitrogens with zero attached hydrogens (tertiary/aromatic N) is 2. The van der Waals surface area contributed by atoms with E-state index < -0.39 is 0 Å². The lowest BCUT2D eigenvalue weighted by molar-refractivity contribution is 0.274. The van der Waals surface area contributed by atoms with Crippen LogP contribution in [0.3, 0.4) is 0 Å². The number of rotatable bonds is 5. The summed E-state index contributed by atoms with van der Waals surface area (Å²) in [4.78, 5) is 7.93. The average molecular weight is 305 g/mol. The smallest absolute Gasteiger partial charge is 0.127 e. The third kappa shape index (κ3) is 3.14. The van der Waals surface area contributed by atoms with Gasteiger partial charge in [0.2, 0.25) is 0 Å². The Balaban J connectivity index is 1.77. The maximum atomic E-state index is 8.92. The predicted octanol–water partition coefficient (Wildman–Crippen LogP) is 3.26. The molecule has 114 valence electrons. The molecule has 0 bridgehead atoms. The maximum absolute atomic E-state index is 8.92. The fraction of sp³-hybridized carbons (Fsp3) is 0.562.